The Morgan fingerprint density at radius 2 is 1.74 bits per heavy atom. The molecule has 5 aromatic rings. The van der Waals surface area contributed by atoms with Gasteiger partial charge in [-0.1, -0.05) is 66.7 Å². The lowest BCUT2D eigenvalue weighted by Crippen LogP contribution is -2.25. The Hall–Kier alpha value is -5.04. The molecule has 0 atom stereocenters. The predicted molar refractivity (Wildman–Crippen MR) is 148 cm³/mol. The molecule has 38 heavy (non-hydrogen) atoms. The number of fused-ring (bicyclic) bond motifs is 1. The third kappa shape index (κ3) is 4.95. The van der Waals surface area contributed by atoms with Crippen LogP contribution in [0.5, 0.6) is 5.75 Å². The van der Waals surface area contributed by atoms with Crippen LogP contribution in [-0.4, -0.2) is 32.7 Å². The van der Waals surface area contributed by atoms with E-state index in [-0.39, 0.29) is 17.0 Å². The monoisotopic (exact) mass is 503 g/mol. The van der Waals surface area contributed by atoms with Crippen molar-refractivity contribution in [2.45, 2.75) is 13.0 Å². The second-order valence-electron chi connectivity index (χ2n) is 8.69. The maximum atomic E-state index is 13.9. The number of aryl methyl sites for hydroxylation is 2. The van der Waals surface area contributed by atoms with Gasteiger partial charge in [-0.3, -0.25) is 9.78 Å². The molecule has 0 saturated heterocycles. The summed E-state index contributed by atoms with van der Waals surface area (Å²) in [6, 6.07) is 24.6. The second kappa shape index (κ2) is 10.9. The number of aromatic nitrogens is 3. The van der Waals surface area contributed by atoms with Crippen LogP contribution in [0.4, 0.5) is 0 Å². The summed E-state index contributed by atoms with van der Waals surface area (Å²) in [5, 5.41) is 11.5. The number of benzene rings is 2. The molecular weight excluding hydrogens is 478 g/mol. The third-order valence-corrected chi connectivity index (χ3v) is 6.28. The Labute approximate surface area is 219 Å². The van der Waals surface area contributed by atoms with Crippen molar-refractivity contribution < 1.29 is 14.6 Å². The average Bonchev–Trinajstić information content (AvgIpc) is 2.97. The zero-order valence-electron chi connectivity index (χ0n) is 20.7. The van der Waals surface area contributed by atoms with Gasteiger partial charge in [0.1, 0.15) is 0 Å². The fourth-order valence-electron chi connectivity index (χ4n) is 4.38. The summed E-state index contributed by atoms with van der Waals surface area (Å²) in [5.41, 5.74) is 3.25. The van der Waals surface area contributed by atoms with Crippen LogP contribution in [0.1, 0.15) is 27.2 Å². The van der Waals surface area contributed by atoms with E-state index in [4.69, 9.17) is 4.74 Å². The van der Waals surface area contributed by atoms with Gasteiger partial charge in [0, 0.05) is 35.5 Å². The van der Waals surface area contributed by atoms with Crippen molar-refractivity contribution in [3.05, 3.63) is 124 Å². The summed E-state index contributed by atoms with van der Waals surface area (Å²) in [7, 11) is 1.23. The minimum absolute atomic E-state index is 0.231. The van der Waals surface area contributed by atoms with E-state index in [2.05, 4.69) is 9.97 Å². The smallest absolute Gasteiger partial charge is 0.360 e. The molecule has 0 unspecified atom stereocenters. The zero-order valence-corrected chi connectivity index (χ0v) is 20.7. The maximum Gasteiger partial charge on any atom is 0.360 e. The summed E-state index contributed by atoms with van der Waals surface area (Å²) < 4.78 is 6.51. The van der Waals surface area contributed by atoms with Gasteiger partial charge in [-0.25, -0.2) is 9.78 Å². The molecule has 0 aliphatic heterocycles. The lowest BCUT2D eigenvalue weighted by molar-refractivity contribution is 0.0591. The van der Waals surface area contributed by atoms with Gasteiger partial charge >= 0.3 is 5.97 Å². The van der Waals surface area contributed by atoms with E-state index in [9.17, 15) is 14.7 Å². The van der Waals surface area contributed by atoms with E-state index in [0.717, 1.165) is 11.1 Å². The summed E-state index contributed by atoms with van der Waals surface area (Å²) >= 11 is 0. The number of hydrogen-bond donors (Lipinski definition) is 1. The van der Waals surface area contributed by atoms with Gasteiger partial charge in [-0.15, -0.1) is 0 Å². The van der Waals surface area contributed by atoms with Crippen molar-refractivity contribution in [2.24, 2.45) is 0 Å². The first-order valence-corrected chi connectivity index (χ1v) is 12.1. The number of hydrogen-bond acceptors (Lipinski definition) is 6. The molecule has 0 aliphatic carbocycles. The highest BCUT2D eigenvalue weighted by Crippen LogP contribution is 2.35. The van der Waals surface area contributed by atoms with E-state index >= 15 is 0 Å². The first-order valence-electron chi connectivity index (χ1n) is 12.1. The molecule has 3 aromatic heterocycles. The molecule has 188 valence electrons. The summed E-state index contributed by atoms with van der Waals surface area (Å²) in [6.45, 7) is 0.332. The molecule has 5 rings (SSSR count). The lowest BCUT2D eigenvalue weighted by Gasteiger charge is -2.17. The maximum absolute atomic E-state index is 13.9. The van der Waals surface area contributed by atoms with Crippen LogP contribution in [-0.2, 0) is 17.7 Å². The number of pyridine rings is 3. The molecule has 3 heterocycles. The first kappa shape index (κ1) is 24.6. The Morgan fingerprint density at radius 3 is 2.42 bits per heavy atom. The van der Waals surface area contributed by atoms with Crippen LogP contribution in [0.3, 0.4) is 0 Å². The number of ether oxygens (including phenoxy) is 1. The van der Waals surface area contributed by atoms with Crippen molar-refractivity contribution in [2.75, 3.05) is 7.11 Å². The van der Waals surface area contributed by atoms with Crippen molar-refractivity contribution in [1.29, 1.82) is 0 Å². The van der Waals surface area contributed by atoms with Crippen molar-refractivity contribution >= 4 is 29.0 Å². The summed E-state index contributed by atoms with van der Waals surface area (Å²) in [6.07, 6.45) is 7.37. The Balaban J connectivity index is 1.79. The van der Waals surface area contributed by atoms with Crippen LogP contribution in [0.25, 0.3) is 34.3 Å². The quantitative estimate of drug-likeness (QED) is 0.300. The molecule has 0 amide bonds. The highest BCUT2D eigenvalue weighted by molar-refractivity contribution is 6.03. The van der Waals surface area contributed by atoms with Gasteiger partial charge in [-0.2, -0.15) is 0 Å². The van der Waals surface area contributed by atoms with Gasteiger partial charge in [0.25, 0.3) is 5.56 Å². The highest BCUT2D eigenvalue weighted by atomic mass is 16.5. The van der Waals surface area contributed by atoms with Crippen LogP contribution in [0, 0.1) is 0 Å². The van der Waals surface area contributed by atoms with Crippen molar-refractivity contribution in [3.8, 4) is 17.0 Å². The molecule has 7 heteroatoms. The molecule has 0 aliphatic rings. The average molecular weight is 504 g/mol. The third-order valence-electron chi connectivity index (χ3n) is 6.28. The largest absolute Gasteiger partial charge is 0.505 e. The highest BCUT2D eigenvalue weighted by Gasteiger charge is 2.24. The number of carbonyl (C=O) groups excluding carboxylic acids is 1. The van der Waals surface area contributed by atoms with Gasteiger partial charge < -0.3 is 14.4 Å². The fraction of sp³-hybridized carbons (Fsp3) is 0.0968. The van der Waals surface area contributed by atoms with Gasteiger partial charge in [0.05, 0.1) is 18.3 Å². The molecule has 7 nitrogen and oxygen atoms in total. The molecule has 2 aromatic carbocycles. The zero-order chi connectivity index (χ0) is 26.5. The van der Waals surface area contributed by atoms with Crippen LogP contribution in [0.2, 0.25) is 0 Å². The van der Waals surface area contributed by atoms with Gasteiger partial charge in [0.15, 0.2) is 11.4 Å². The second-order valence-corrected chi connectivity index (χ2v) is 8.69. The fourth-order valence-corrected chi connectivity index (χ4v) is 4.38. The van der Waals surface area contributed by atoms with Crippen molar-refractivity contribution in [1.82, 2.24) is 14.5 Å². The van der Waals surface area contributed by atoms with E-state index in [1.165, 1.54) is 7.11 Å². The van der Waals surface area contributed by atoms with Gasteiger partial charge in [0.2, 0.25) is 0 Å². The Bertz CT molecular complexity index is 1680. The van der Waals surface area contributed by atoms with E-state index in [1.807, 2.05) is 66.7 Å². The van der Waals surface area contributed by atoms with Crippen LogP contribution >= 0.6 is 0 Å². The molecule has 0 radical (unpaired) electrons. The minimum atomic E-state index is -0.780. The van der Waals surface area contributed by atoms with E-state index < -0.39 is 5.97 Å². The SMILES string of the molecule is COC(=O)c1nc(-c2cccnc2)c2c(cc(C=Cc3ccccc3)c(=O)n2CCc2ccccc2)c1O. The number of nitrogens with zero attached hydrogens (tertiary/aromatic N) is 3. The van der Waals surface area contributed by atoms with Crippen molar-refractivity contribution in [3.63, 3.8) is 0 Å². The Kier molecular flexibility index (Phi) is 7.08. The molecule has 0 bridgehead atoms. The normalized spacial score (nSPS) is 11.2. The Morgan fingerprint density at radius 1 is 1.00 bits per heavy atom. The van der Waals surface area contributed by atoms with E-state index in [1.54, 1.807) is 41.2 Å². The topological polar surface area (TPSA) is 94.3 Å². The summed E-state index contributed by atoms with van der Waals surface area (Å²) in [5.74, 6) is -1.12. The molecule has 0 fully saturated rings. The first-order chi connectivity index (χ1) is 18.6. The van der Waals surface area contributed by atoms with Gasteiger partial charge in [-0.05, 0) is 41.8 Å². The number of methoxy groups -OCH3 is 1. The minimum Gasteiger partial charge on any atom is -0.505 e. The molecule has 0 saturated carbocycles. The summed E-state index contributed by atoms with van der Waals surface area (Å²) in [4.78, 5) is 35.1. The standard InChI is InChI=1S/C31H25N3O4/c1-38-31(37)27-29(35)25-19-23(15-14-21-9-4-2-5-10-21)30(36)34(18-16-22-11-6-3-7-12-22)28(25)26(33-27)24-13-8-17-32-20-24/h2-15,17,19-20,35H,16,18H2,1H3. The number of esters is 1. The number of carbonyl (C=O) groups is 1. The lowest BCUT2D eigenvalue weighted by atomic mass is 10.0. The van der Waals surface area contributed by atoms with Crippen LogP contribution in [0.15, 0.2) is 96.1 Å². The predicted octanol–water partition coefficient (Wildman–Crippen LogP) is 5.36. The van der Waals surface area contributed by atoms with Crippen LogP contribution < -0.4 is 5.56 Å². The number of aromatic hydroxyl groups is 1. The molecular formula is C31H25N3O4. The molecule has 1 N–H and O–H groups in total. The van der Waals surface area contributed by atoms with E-state index in [0.29, 0.717) is 40.7 Å². The number of rotatable bonds is 7. The molecule has 0 spiro atoms.